The first-order chi connectivity index (χ1) is 16.8. The number of hydrogen-bond donors (Lipinski definition) is 1. The third-order valence-electron chi connectivity index (χ3n) is 5.77. The van der Waals surface area contributed by atoms with Crippen molar-refractivity contribution in [2.24, 2.45) is 5.73 Å². The summed E-state index contributed by atoms with van der Waals surface area (Å²) in [6.07, 6.45) is 0. The molecule has 0 bridgehead atoms. The molecule has 1 aliphatic rings. The van der Waals surface area contributed by atoms with Gasteiger partial charge in [-0.25, -0.2) is 4.39 Å². The molecule has 4 aromatic rings. The zero-order valence-corrected chi connectivity index (χ0v) is 19.8. The Kier molecular flexibility index (Phi) is 5.86. The fraction of sp³-hybridized carbons (Fsp3) is 0.115. The van der Waals surface area contributed by atoms with Crippen LogP contribution in [0.2, 0.25) is 0 Å². The lowest BCUT2D eigenvalue weighted by molar-refractivity contribution is -0.119. The second kappa shape index (κ2) is 8.99. The zero-order chi connectivity index (χ0) is 24.7. The molecule has 1 aromatic heterocycles. The quantitative estimate of drug-likeness (QED) is 0.395. The van der Waals surface area contributed by atoms with E-state index in [0.717, 1.165) is 0 Å². The van der Waals surface area contributed by atoms with Gasteiger partial charge in [0.05, 0.1) is 17.0 Å². The lowest BCUT2D eigenvalue weighted by Gasteiger charge is -2.25. The van der Waals surface area contributed by atoms with Crippen molar-refractivity contribution in [3.05, 3.63) is 110 Å². The van der Waals surface area contributed by atoms with Crippen LogP contribution in [0.5, 0.6) is 5.75 Å². The Bertz CT molecular complexity index is 1520. The van der Waals surface area contributed by atoms with Crippen LogP contribution in [0.3, 0.4) is 0 Å². The maximum atomic E-state index is 13.6. The molecular formula is C26H18BrFN2O5. The van der Waals surface area contributed by atoms with Crippen LogP contribution in [0.1, 0.15) is 33.3 Å². The number of carbonyl (C=O) groups is 2. The number of halogens is 2. The molecule has 3 aromatic carbocycles. The number of ether oxygens (including phenoxy) is 1. The van der Waals surface area contributed by atoms with E-state index in [4.69, 9.17) is 14.9 Å². The van der Waals surface area contributed by atoms with Crippen molar-refractivity contribution < 1.29 is 23.1 Å². The van der Waals surface area contributed by atoms with E-state index in [2.05, 4.69) is 15.9 Å². The number of amides is 2. The Balaban J connectivity index is 1.63. The van der Waals surface area contributed by atoms with E-state index >= 15 is 0 Å². The third-order valence-corrected chi connectivity index (χ3v) is 6.26. The van der Waals surface area contributed by atoms with Crippen molar-refractivity contribution in [2.75, 3.05) is 6.61 Å². The average molecular weight is 537 g/mol. The number of primary amides is 1. The topological polar surface area (TPSA) is 103 Å². The first-order valence-electron chi connectivity index (χ1n) is 10.6. The number of nitrogens with two attached hydrogens (primary N) is 1. The largest absolute Gasteiger partial charge is 0.484 e. The lowest BCUT2D eigenvalue weighted by Crippen LogP contribution is -2.29. The highest BCUT2D eigenvalue weighted by Gasteiger charge is 2.42. The van der Waals surface area contributed by atoms with Crippen molar-refractivity contribution in [3.8, 4) is 5.75 Å². The summed E-state index contributed by atoms with van der Waals surface area (Å²) < 4.78 is 25.4. The Morgan fingerprint density at radius 2 is 1.77 bits per heavy atom. The highest BCUT2D eigenvalue weighted by Crippen LogP contribution is 2.39. The minimum absolute atomic E-state index is 0.0222. The number of nitrogens with zero attached hydrogens (tertiary/aromatic N) is 1. The summed E-state index contributed by atoms with van der Waals surface area (Å²) in [6.45, 7) is -0.140. The van der Waals surface area contributed by atoms with Crippen molar-refractivity contribution in [1.29, 1.82) is 0 Å². The molecular weight excluding hydrogens is 519 g/mol. The number of fused-ring (bicyclic) bond motifs is 2. The summed E-state index contributed by atoms with van der Waals surface area (Å²) in [5.41, 5.74) is 6.70. The maximum absolute atomic E-state index is 13.6. The van der Waals surface area contributed by atoms with Gasteiger partial charge < -0.3 is 19.8 Å². The standard InChI is InChI=1S/C26H18BrFN2O5/c27-16-5-10-20-19(11-16)24(32)22-23(15-3-8-18(9-4-15)34-13-21(29)31)30(26(33)25(22)35-20)12-14-1-6-17(28)7-2-14/h1-11,23H,12-13H2,(H2,29,31). The predicted molar refractivity (Wildman–Crippen MR) is 129 cm³/mol. The second-order valence-corrected chi connectivity index (χ2v) is 9.02. The fourth-order valence-corrected chi connectivity index (χ4v) is 4.55. The van der Waals surface area contributed by atoms with Gasteiger partial charge in [-0.3, -0.25) is 14.4 Å². The third kappa shape index (κ3) is 4.30. The van der Waals surface area contributed by atoms with Gasteiger partial charge in [-0.2, -0.15) is 0 Å². The minimum Gasteiger partial charge on any atom is -0.484 e. The van der Waals surface area contributed by atoms with Crippen molar-refractivity contribution >= 4 is 38.7 Å². The van der Waals surface area contributed by atoms with E-state index in [1.54, 1.807) is 54.6 Å². The Labute approximate surface area is 207 Å². The summed E-state index contributed by atoms with van der Waals surface area (Å²) in [6, 6.07) is 16.8. The maximum Gasteiger partial charge on any atom is 0.291 e. The van der Waals surface area contributed by atoms with E-state index in [-0.39, 0.29) is 35.7 Å². The molecule has 5 rings (SSSR count). The van der Waals surface area contributed by atoms with Crippen molar-refractivity contribution in [3.63, 3.8) is 0 Å². The highest BCUT2D eigenvalue weighted by molar-refractivity contribution is 9.10. The van der Waals surface area contributed by atoms with Crippen LogP contribution in [0.25, 0.3) is 11.0 Å². The van der Waals surface area contributed by atoms with Gasteiger partial charge in [0.2, 0.25) is 5.76 Å². The van der Waals surface area contributed by atoms with Gasteiger partial charge in [0.15, 0.2) is 12.0 Å². The van der Waals surface area contributed by atoms with Crippen LogP contribution in [-0.2, 0) is 11.3 Å². The molecule has 0 aliphatic carbocycles. The van der Waals surface area contributed by atoms with Crippen LogP contribution in [0.4, 0.5) is 4.39 Å². The van der Waals surface area contributed by atoms with Crippen LogP contribution < -0.4 is 15.9 Å². The van der Waals surface area contributed by atoms with E-state index in [0.29, 0.717) is 32.3 Å². The van der Waals surface area contributed by atoms with Gasteiger partial charge in [-0.05, 0) is 53.6 Å². The molecule has 2 N–H and O–H groups in total. The van der Waals surface area contributed by atoms with E-state index < -0.39 is 17.9 Å². The molecule has 0 saturated carbocycles. The summed E-state index contributed by atoms with van der Waals surface area (Å²) in [7, 11) is 0. The van der Waals surface area contributed by atoms with Gasteiger partial charge in [0.25, 0.3) is 11.8 Å². The number of benzene rings is 3. The van der Waals surface area contributed by atoms with Crippen LogP contribution in [-0.4, -0.2) is 23.3 Å². The summed E-state index contributed by atoms with van der Waals surface area (Å²) in [5.74, 6) is -1.04. The molecule has 1 atom stereocenters. The molecule has 0 spiro atoms. The summed E-state index contributed by atoms with van der Waals surface area (Å²) in [5, 5.41) is 0.348. The summed E-state index contributed by atoms with van der Waals surface area (Å²) >= 11 is 3.38. The van der Waals surface area contributed by atoms with Gasteiger partial charge in [0.1, 0.15) is 17.1 Å². The van der Waals surface area contributed by atoms with Crippen LogP contribution in [0.15, 0.2) is 80.4 Å². The molecule has 2 heterocycles. The molecule has 1 unspecified atom stereocenters. The molecule has 1 aliphatic heterocycles. The lowest BCUT2D eigenvalue weighted by atomic mass is 9.98. The molecule has 0 saturated heterocycles. The predicted octanol–water partition coefficient (Wildman–Crippen LogP) is 4.30. The van der Waals surface area contributed by atoms with Crippen molar-refractivity contribution in [2.45, 2.75) is 12.6 Å². The second-order valence-electron chi connectivity index (χ2n) is 8.10. The molecule has 0 radical (unpaired) electrons. The summed E-state index contributed by atoms with van der Waals surface area (Å²) in [4.78, 5) is 39.6. The van der Waals surface area contributed by atoms with Gasteiger partial charge in [-0.1, -0.05) is 40.2 Å². The monoisotopic (exact) mass is 536 g/mol. The molecule has 176 valence electrons. The highest BCUT2D eigenvalue weighted by atomic mass is 79.9. The van der Waals surface area contributed by atoms with Crippen molar-refractivity contribution in [1.82, 2.24) is 4.90 Å². The van der Waals surface area contributed by atoms with Crippen LogP contribution in [0, 0.1) is 5.82 Å². The van der Waals surface area contributed by atoms with E-state index in [1.165, 1.54) is 17.0 Å². The SMILES string of the molecule is NC(=O)COc1ccc(C2c3c(oc4ccc(Br)cc4c3=O)C(=O)N2Cc2ccc(F)cc2)cc1. The molecule has 0 fully saturated rings. The Morgan fingerprint density at radius 1 is 1.06 bits per heavy atom. The van der Waals surface area contributed by atoms with Gasteiger partial charge in [-0.15, -0.1) is 0 Å². The first kappa shape index (κ1) is 22.8. The normalized spacial score (nSPS) is 14.9. The molecule has 2 amide bonds. The molecule has 9 heteroatoms. The number of rotatable bonds is 6. The van der Waals surface area contributed by atoms with E-state index in [1.807, 2.05) is 0 Å². The smallest absolute Gasteiger partial charge is 0.291 e. The van der Waals surface area contributed by atoms with Gasteiger partial charge >= 0.3 is 0 Å². The minimum atomic E-state index is -0.743. The van der Waals surface area contributed by atoms with Gasteiger partial charge in [0, 0.05) is 11.0 Å². The number of carbonyl (C=O) groups excluding carboxylic acids is 2. The molecule has 35 heavy (non-hydrogen) atoms. The fourth-order valence-electron chi connectivity index (χ4n) is 4.19. The molecule has 7 nitrogen and oxygen atoms in total. The Hall–Kier alpha value is -3.98. The first-order valence-corrected chi connectivity index (χ1v) is 11.4. The Morgan fingerprint density at radius 3 is 2.46 bits per heavy atom. The van der Waals surface area contributed by atoms with Crippen LogP contribution >= 0.6 is 15.9 Å². The number of hydrogen-bond acceptors (Lipinski definition) is 5. The van der Waals surface area contributed by atoms with E-state index in [9.17, 15) is 18.8 Å². The average Bonchev–Trinajstić information content (AvgIpc) is 3.11. The zero-order valence-electron chi connectivity index (χ0n) is 18.2.